The number of halogens is 5. The summed E-state index contributed by atoms with van der Waals surface area (Å²) < 4.78 is 80.6. The third kappa shape index (κ3) is 5.70. The smallest absolute Gasteiger partial charge is 0.356 e. The maximum atomic E-state index is 14.1. The summed E-state index contributed by atoms with van der Waals surface area (Å²) in [5, 5.41) is 27.3. The Kier molecular flexibility index (Phi) is 7.51. The molecule has 13 nitrogen and oxygen atoms in total. The van der Waals surface area contributed by atoms with Gasteiger partial charge in [-0.2, -0.15) is 18.3 Å². The summed E-state index contributed by atoms with van der Waals surface area (Å²) in [6.45, 7) is 0.0637. The number of rotatable bonds is 8. The number of nitrogens with zero attached hydrogens (tertiary/aromatic N) is 6. The van der Waals surface area contributed by atoms with Crippen LogP contribution in [-0.4, -0.2) is 90.0 Å². The Balaban J connectivity index is 1.19. The number of alkyl halides is 5. The summed E-state index contributed by atoms with van der Waals surface area (Å²) in [5.74, 6) is -4.60. The predicted molar refractivity (Wildman–Crippen MR) is 144 cm³/mol. The number of aliphatic hydroxyl groups excluding tert-OH is 1. The van der Waals surface area contributed by atoms with Crippen LogP contribution in [0.1, 0.15) is 84.3 Å². The monoisotopic (exact) mass is 654 g/mol. The van der Waals surface area contributed by atoms with E-state index in [4.69, 9.17) is 9.37 Å². The second-order valence-corrected chi connectivity index (χ2v) is 12.6. The van der Waals surface area contributed by atoms with Crippen molar-refractivity contribution in [1.29, 1.82) is 0 Å². The first-order chi connectivity index (χ1) is 21.8. The van der Waals surface area contributed by atoms with Gasteiger partial charge in [0.25, 0.3) is 5.91 Å². The molecule has 18 heteroatoms. The molecule has 3 aromatic heterocycles. The van der Waals surface area contributed by atoms with E-state index in [1.54, 1.807) is 12.3 Å². The summed E-state index contributed by atoms with van der Waals surface area (Å²) >= 11 is 0. The minimum absolute atomic E-state index is 0.0283. The van der Waals surface area contributed by atoms with Crippen LogP contribution in [0.2, 0.25) is 0 Å². The van der Waals surface area contributed by atoms with Crippen LogP contribution in [0.25, 0.3) is 5.65 Å². The van der Waals surface area contributed by atoms with Gasteiger partial charge in [-0.1, -0.05) is 5.16 Å². The first-order valence-corrected chi connectivity index (χ1v) is 15.1. The molecule has 0 aromatic carbocycles. The van der Waals surface area contributed by atoms with Crippen molar-refractivity contribution in [3.63, 3.8) is 0 Å². The highest BCUT2D eigenvalue weighted by molar-refractivity contribution is 5.93. The van der Waals surface area contributed by atoms with Crippen LogP contribution in [-0.2, 0) is 16.0 Å². The van der Waals surface area contributed by atoms with Gasteiger partial charge in [0.2, 0.25) is 18.2 Å². The molecule has 2 amide bonds. The van der Waals surface area contributed by atoms with E-state index in [1.807, 2.05) is 5.32 Å². The lowest BCUT2D eigenvalue weighted by Gasteiger charge is -2.37. The van der Waals surface area contributed by atoms with Crippen LogP contribution in [0.5, 0.6) is 0 Å². The number of carbonyl (C=O) groups is 2. The second kappa shape index (κ2) is 11.2. The van der Waals surface area contributed by atoms with E-state index in [0.29, 0.717) is 17.0 Å². The molecule has 2 aliphatic heterocycles. The molecule has 4 atom stereocenters. The van der Waals surface area contributed by atoms with Gasteiger partial charge in [-0.25, -0.2) is 27.8 Å². The highest BCUT2D eigenvalue weighted by atomic mass is 19.4. The molecule has 0 spiro atoms. The minimum Gasteiger partial charge on any atom is -0.356 e. The molecule has 3 aromatic rings. The summed E-state index contributed by atoms with van der Waals surface area (Å²) in [4.78, 5) is 32.4. The van der Waals surface area contributed by atoms with Crippen LogP contribution < -0.4 is 10.6 Å². The molecule has 0 bridgehead atoms. The molecule has 7 rings (SSSR count). The lowest BCUT2D eigenvalue weighted by atomic mass is 9.81. The van der Waals surface area contributed by atoms with Crippen LogP contribution in [0.4, 0.5) is 22.0 Å². The topological polar surface area (TPSA) is 160 Å². The Morgan fingerprint density at radius 1 is 1.20 bits per heavy atom. The Morgan fingerprint density at radius 3 is 2.61 bits per heavy atom. The normalized spacial score (nSPS) is 28.1. The number of amides is 2. The summed E-state index contributed by atoms with van der Waals surface area (Å²) in [5.41, 5.74) is -0.343. The number of aliphatic hydroxyl groups is 1. The molecule has 1 unspecified atom stereocenters. The zero-order valence-electron chi connectivity index (χ0n) is 24.3. The fourth-order valence-electron chi connectivity index (χ4n) is 6.89. The summed E-state index contributed by atoms with van der Waals surface area (Å²) in [6.07, 6.45) is -3.00. The summed E-state index contributed by atoms with van der Waals surface area (Å²) in [7, 11) is 0. The lowest BCUT2D eigenvalue weighted by Crippen LogP contribution is -2.57. The highest BCUT2D eigenvalue weighted by Crippen LogP contribution is 2.43. The van der Waals surface area contributed by atoms with Crippen molar-refractivity contribution in [2.75, 3.05) is 13.2 Å². The van der Waals surface area contributed by atoms with Gasteiger partial charge < -0.3 is 20.5 Å². The number of hydrogen-bond acceptors (Lipinski definition) is 10. The van der Waals surface area contributed by atoms with Crippen molar-refractivity contribution in [1.82, 2.24) is 40.4 Å². The zero-order chi connectivity index (χ0) is 32.4. The maximum Gasteiger partial charge on any atom is 0.408 e. The van der Waals surface area contributed by atoms with Crippen molar-refractivity contribution < 1.29 is 46.0 Å². The Morgan fingerprint density at radius 2 is 1.96 bits per heavy atom. The number of carbonyl (C=O) groups excluding carboxylic acids is 2. The molecular formula is C28H31F5N8O5. The Hall–Kier alpha value is -3.77. The molecular weight excluding hydrogens is 623 g/mol. The van der Waals surface area contributed by atoms with Gasteiger partial charge in [0.05, 0.1) is 30.7 Å². The van der Waals surface area contributed by atoms with E-state index in [0.717, 1.165) is 12.8 Å². The van der Waals surface area contributed by atoms with Gasteiger partial charge >= 0.3 is 6.18 Å². The first-order valence-electron chi connectivity index (χ1n) is 15.1. The SMILES string of the molecule is O=C(N[C@H](c1cn2ncc(C[C@@]3(N4CCOC4O)C[C@@H](C(F)(F)F)NC3=O)cc2n1)C1CCC(F)(F)CC1)c1nonc1C1CC1. The minimum atomic E-state index is -4.70. The van der Waals surface area contributed by atoms with Crippen molar-refractivity contribution in [2.45, 2.75) is 93.4 Å². The highest BCUT2D eigenvalue weighted by Gasteiger charge is 2.60. The fraction of sp³-hybridized carbons (Fsp3) is 0.643. The van der Waals surface area contributed by atoms with E-state index >= 15 is 0 Å². The molecule has 4 aliphatic rings. The molecule has 2 saturated carbocycles. The number of aromatic nitrogens is 5. The van der Waals surface area contributed by atoms with Crippen LogP contribution in [0, 0.1) is 5.92 Å². The number of fused-ring (bicyclic) bond motifs is 1. The van der Waals surface area contributed by atoms with Crippen molar-refractivity contribution in [3.05, 3.63) is 41.1 Å². The van der Waals surface area contributed by atoms with E-state index in [-0.39, 0.29) is 62.5 Å². The second-order valence-electron chi connectivity index (χ2n) is 12.6. The van der Waals surface area contributed by atoms with Gasteiger partial charge in [0, 0.05) is 38.1 Å². The molecule has 3 N–H and O–H groups in total. The van der Waals surface area contributed by atoms with Crippen LogP contribution >= 0.6 is 0 Å². The van der Waals surface area contributed by atoms with Gasteiger partial charge in [0.15, 0.2) is 11.3 Å². The largest absolute Gasteiger partial charge is 0.408 e. The van der Waals surface area contributed by atoms with Crippen molar-refractivity contribution in [2.24, 2.45) is 5.92 Å². The van der Waals surface area contributed by atoms with Crippen molar-refractivity contribution >= 4 is 17.5 Å². The molecule has 5 heterocycles. The molecule has 46 heavy (non-hydrogen) atoms. The van der Waals surface area contributed by atoms with Gasteiger partial charge in [-0.3, -0.25) is 9.59 Å². The molecule has 2 saturated heterocycles. The third-order valence-electron chi connectivity index (χ3n) is 9.50. The number of nitrogens with one attached hydrogen (secondary N) is 2. The van der Waals surface area contributed by atoms with E-state index < -0.39 is 60.3 Å². The Labute approximate surface area is 257 Å². The fourth-order valence-corrected chi connectivity index (χ4v) is 6.89. The zero-order valence-corrected chi connectivity index (χ0v) is 24.3. The van der Waals surface area contributed by atoms with Gasteiger partial charge in [-0.05, 0) is 48.4 Å². The van der Waals surface area contributed by atoms with E-state index in [9.17, 15) is 36.6 Å². The van der Waals surface area contributed by atoms with Crippen molar-refractivity contribution in [3.8, 4) is 0 Å². The molecule has 0 radical (unpaired) electrons. The lowest BCUT2D eigenvalue weighted by molar-refractivity contribution is -0.176. The number of hydrogen-bond donors (Lipinski definition) is 3. The average molecular weight is 655 g/mol. The third-order valence-corrected chi connectivity index (χ3v) is 9.50. The van der Waals surface area contributed by atoms with Gasteiger partial charge in [0.1, 0.15) is 17.3 Å². The standard InChI is InChI=1S/C28H31F5N8O5/c29-27(30)5-3-16(4-6-27)20(37-23(42)22-21(15-1-2-15)38-46-39-22)17-13-41-19(35-17)9-14(12-34-41)10-26(40-7-8-45-25(40)44)11-18(28(31,32)33)36-24(26)43/h9,12-13,15-16,18,20,25,44H,1-8,10-11H2,(H,36,43)(H,37,42)/t18-,20-,25?,26+/m0/s1. The number of ether oxygens (including phenoxy) is 1. The Bertz CT molecular complexity index is 1630. The summed E-state index contributed by atoms with van der Waals surface area (Å²) in [6, 6.07) is -1.36. The predicted octanol–water partition coefficient (Wildman–Crippen LogP) is 2.63. The molecule has 4 fully saturated rings. The van der Waals surface area contributed by atoms with E-state index in [2.05, 4.69) is 25.7 Å². The molecule has 248 valence electrons. The first kappa shape index (κ1) is 30.9. The van der Waals surface area contributed by atoms with Crippen LogP contribution in [0.3, 0.4) is 0 Å². The van der Waals surface area contributed by atoms with E-state index in [1.165, 1.54) is 15.6 Å². The maximum absolute atomic E-state index is 14.1. The average Bonchev–Trinajstić information content (AvgIpc) is 3.31. The quantitative estimate of drug-likeness (QED) is 0.308. The number of imidazole rings is 1. The molecule has 2 aliphatic carbocycles. The van der Waals surface area contributed by atoms with Gasteiger partial charge in [-0.15, -0.1) is 0 Å². The van der Waals surface area contributed by atoms with Crippen LogP contribution in [0.15, 0.2) is 23.1 Å².